The largest absolute Gasteiger partial charge is 0.360 e. The fourth-order valence-electron chi connectivity index (χ4n) is 3.98. The van der Waals surface area contributed by atoms with Crippen molar-refractivity contribution >= 4 is 27.3 Å². The second kappa shape index (κ2) is 9.13. The summed E-state index contributed by atoms with van der Waals surface area (Å²) < 4.78 is 32.8. The number of carbonyl (C=O) groups excluding carboxylic acids is 1. The number of carbonyl (C=O) groups is 1. The molecular weight excluding hydrogens is 428 g/mol. The van der Waals surface area contributed by atoms with Crippen molar-refractivity contribution in [3.8, 4) is 0 Å². The van der Waals surface area contributed by atoms with Crippen molar-refractivity contribution in [2.45, 2.75) is 31.6 Å². The van der Waals surface area contributed by atoms with Crippen molar-refractivity contribution in [3.63, 3.8) is 0 Å². The monoisotopic (exact) mass is 454 g/mol. The highest BCUT2D eigenvalue weighted by Gasteiger charge is 2.37. The van der Waals surface area contributed by atoms with Crippen LogP contribution in [0.4, 0.5) is 11.4 Å². The molecule has 2 heterocycles. The molecule has 8 nitrogen and oxygen atoms in total. The van der Waals surface area contributed by atoms with Gasteiger partial charge in [0.05, 0.1) is 17.3 Å². The lowest BCUT2D eigenvalue weighted by atomic mass is 9.99. The van der Waals surface area contributed by atoms with Crippen LogP contribution < -0.4 is 10.4 Å². The minimum atomic E-state index is -3.80. The van der Waals surface area contributed by atoms with Crippen molar-refractivity contribution in [2.75, 3.05) is 18.1 Å². The fourth-order valence-corrected chi connectivity index (χ4v) is 5.80. The summed E-state index contributed by atoms with van der Waals surface area (Å²) in [6, 6.07) is 19.0. The summed E-state index contributed by atoms with van der Waals surface area (Å²) in [6.45, 7) is 3.65. The Morgan fingerprint density at radius 2 is 1.66 bits per heavy atom. The zero-order chi connectivity index (χ0) is 22.7. The number of hydrogen-bond donors (Lipinski definition) is 1. The van der Waals surface area contributed by atoms with Crippen molar-refractivity contribution in [1.82, 2.24) is 14.9 Å². The highest BCUT2D eigenvalue weighted by atomic mass is 32.2. The molecule has 168 valence electrons. The number of amides is 1. The number of para-hydroxylation sites is 2. The first-order chi connectivity index (χ1) is 15.4. The molecule has 2 aromatic carbocycles. The van der Waals surface area contributed by atoms with Crippen molar-refractivity contribution < 1.29 is 17.7 Å². The molecule has 0 saturated carbocycles. The Bertz CT molecular complexity index is 1120. The maximum absolute atomic E-state index is 13.2. The maximum atomic E-state index is 13.2. The third-order valence-corrected chi connectivity index (χ3v) is 7.68. The Kier molecular flexibility index (Phi) is 6.29. The zero-order valence-electron chi connectivity index (χ0n) is 18.1. The standard InChI is InChI=1S/C23H26N4O4S/c1-17-22(18(2)31-25-17)32(29,30)26-15-9-10-19(16-26)23(28)24-27(20-11-5-3-6-12-20)21-13-7-4-8-14-21/h3-8,11-14,19H,9-10,15-16H2,1-2H3,(H,24,28). The lowest BCUT2D eigenvalue weighted by molar-refractivity contribution is -0.126. The van der Waals surface area contributed by atoms with E-state index in [2.05, 4.69) is 10.6 Å². The molecule has 1 aliphatic rings. The number of benzene rings is 2. The summed E-state index contributed by atoms with van der Waals surface area (Å²) in [6.07, 6.45) is 1.20. The molecule has 9 heteroatoms. The first-order valence-corrected chi connectivity index (χ1v) is 12.0. The van der Waals surface area contributed by atoms with E-state index >= 15 is 0 Å². The van der Waals surface area contributed by atoms with E-state index in [1.54, 1.807) is 18.9 Å². The van der Waals surface area contributed by atoms with Gasteiger partial charge in [-0.2, -0.15) is 4.31 Å². The normalized spacial score (nSPS) is 17.1. The van der Waals surface area contributed by atoms with Gasteiger partial charge in [-0.05, 0) is 51.0 Å². The first kappa shape index (κ1) is 22.0. The first-order valence-electron chi connectivity index (χ1n) is 10.5. The van der Waals surface area contributed by atoms with Gasteiger partial charge < -0.3 is 4.52 Å². The van der Waals surface area contributed by atoms with Gasteiger partial charge in [-0.3, -0.25) is 15.2 Å². The molecule has 0 bridgehead atoms. The summed E-state index contributed by atoms with van der Waals surface area (Å²) in [5, 5.41) is 5.50. The molecule has 32 heavy (non-hydrogen) atoms. The summed E-state index contributed by atoms with van der Waals surface area (Å²) in [4.78, 5) is 13.3. The second-order valence-electron chi connectivity index (χ2n) is 7.84. The van der Waals surface area contributed by atoms with E-state index in [0.29, 0.717) is 25.1 Å². The van der Waals surface area contributed by atoms with Crippen LogP contribution in [0.3, 0.4) is 0 Å². The fraction of sp³-hybridized carbons (Fsp3) is 0.304. The topological polar surface area (TPSA) is 95.8 Å². The predicted octanol–water partition coefficient (Wildman–Crippen LogP) is 3.56. The SMILES string of the molecule is Cc1noc(C)c1S(=O)(=O)N1CCCC(C(=O)NN(c2ccccc2)c2ccccc2)C1. The number of hydrazine groups is 1. The minimum Gasteiger partial charge on any atom is -0.360 e. The Balaban J connectivity index is 1.55. The lowest BCUT2D eigenvalue weighted by Gasteiger charge is -2.33. The van der Waals surface area contributed by atoms with Crippen molar-refractivity contribution in [1.29, 1.82) is 0 Å². The van der Waals surface area contributed by atoms with Gasteiger partial charge in [-0.25, -0.2) is 8.42 Å². The number of hydrogen-bond acceptors (Lipinski definition) is 6. The Hall–Kier alpha value is -3.17. The quantitative estimate of drug-likeness (QED) is 0.572. The predicted molar refractivity (Wildman–Crippen MR) is 121 cm³/mol. The summed E-state index contributed by atoms with van der Waals surface area (Å²) in [7, 11) is -3.80. The van der Waals surface area contributed by atoms with Crippen molar-refractivity contribution in [3.05, 3.63) is 72.1 Å². The number of rotatable bonds is 6. The lowest BCUT2D eigenvalue weighted by Crippen LogP contribution is -2.49. The van der Waals surface area contributed by atoms with Crippen LogP contribution in [0.1, 0.15) is 24.3 Å². The molecule has 1 amide bonds. The molecule has 1 fully saturated rings. The van der Waals surface area contributed by atoms with E-state index in [0.717, 1.165) is 11.4 Å². The van der Waals surface area contributed by atoms with Gasteiger partial charge in [-0.15, -0.1) is 0 Å². The average Bonchev–Trinajstić information content (AvgIpc) is 3.17. The van der Waals surface area contributed by atoms with Gasteiger partial charge in [0.1, 0.15) is 10.6 Å². The van der Waals surface area contributed by atoms with Gasteiger partial charge in [0.15, 0.2) is 5.76 Å². The summed E-state index contributed by atoms with van der Waals surface area (Å²) in [5.41, 5.74) is 4.93. The van der Waals surface area contributed by atoms with Crippen LogP contribution in [-0.2, 0) is 14.8 Å². The van der Waals surface area contributed by atoms with Gasteiger partial charge in [0.2, 0.25) is 15.9 Å². The minimum absolute atomic E-state index is 0.0914. The van der Waals surface area contributed by atoms with E-state index in [-0.39, 0.29) is 23.1 Å². The van der Waals surface area contributed by atoms with Crippen LogP contribution in [0.2, 0.25) is 0 Å². The molecule has 3 aromatic rings. The highest BCUT2D eigenvalue weighted by molar-refractivity contribution is 7.89. The van der Waals surface area contributed by atoms with Crippen LogP contribution >= 0.6 is 0 Å². The van der Waals surface area contributed by atoms with Crippen molar-refractivity contribution in [2.24, 2.45) is 5.92 Å². The number of anilines is 2. The second-order valence-corrected chi connectivity index (χ2v) is 9.71. The Morgan fingerprint density at radius 3 is 2.19 bits per heavy atom. The molecule has 0 aliphatic carbocycles. The molecule has 1 atom stereocenters. The number of nitrogens with one attached hydrogen (secondary N) is 1. The van der Waals surface area contributed by atoms with E-state index in [1.165, 1.54) is 4.31 Å². The molecule has 1 N–H and O–H groups in total. The van der Waals surface area contributed by atoms with Crippen LogP contribution in [0, 0.1) is 19.8 Å². The highest BCUT2D eigenvalue weighted by Crippen LogP contribution is 2.29. The average molecular weight is 455 g/mol. The molecule has 1 unspecified atom stereocenters. The molecular formula is C23H26N4O4S. The summed E-state index contributed by atoms with van der Waals surface area (Å²) >= 11 is 0. The van der Waals surface area contributed by atoms with Gasteiger partial charge >= 0.3 is 0 Å². The molecule has 0 radical (unpaired) electrons. The summed E-state index contributed by atoms with van der Waals surface area (Å²) in [5.74, 6) is -0.446. The molecule has 1 aromatic heterocycles. The van der Waals surface area contributed by atoms with E-state index in [1.807, 2.05) is 60.7 Å². The number of nitrogens with zero attached hydrogens (tertiary/aromatic N) is 3. The number of aryl methyl sites for hydroxylation is 2. The van der Waals surface area contributed by atoms with E-state index in [4.69, 9.17) is 4.52 Å². The number of sulfonamides is 1. The third kappa shape index (κ3) is 4.39. The van der Waals surface area contributed by atoms with E-state index < -0.39 is 15.9 Å². The van der Waals surface area contributed by atoms with Crippen LogP contribution in [0.5, 0.6) is 0 Å². The van der Waals surface area contributed by atoms with Gasteiger partial charge in [0.25, 0.3) is 0 Å². The van der Waals surface area contributed by atoms with Crippen LogP contribution in [-0.4, -0.2) is 36.9 Å². The van der Waals surface area contributed by atoms with Gasteiger partial charge in [-0.1, -0.05) is 41.6 Å². The number of piperidine rings is 1. The van der Waals surface area contributed by atoms with Crippen LogP contribution in [0.25, 0.3) is 0 Å². The zero-order valence-corrected chi connectivity index (χ0v) is 18.9. The smallest absolute Gasteiger partial charge is 0.248 e. The molecule has 1 saturated heterocycles. The molecule has 4 rings (SSSR count). The van der Waals surface area contributed by atoms with Gasteiger partial charge in [0, 0.05) is 13.1 Å². The number of aromatic nitrogens is 1. The molecule has 0 spiro atoms. The van der Waals surface area contributed by atoms with Crippen LogP contribution in [0.15, 0.2) is 70.1 Å². The molecule has 1 aliphatic heterocycles. The Morgan fingerprint density at radius 1 is 1.06 bits per heavy atom. The third-order valence-electron chi connectivity index (χ3n) is 5.57. The Labute approximate surface area is 187 Å². The maximum Gasteiger partial charge on any atom is 0.248 e. The van der Waals surface area contributed by atoms with E-state index in [9.17, 15) is 13.2 Å².